The van der Waals surface area contributed by atoms with Crippen LogP contribution in [0, 0.1) is 0 Å². The summed E-state index contributed by atoms with van der Waals surface area (Å²) in [6.07, 6.45) is 1.57. The molecular weight excluding hydrogens is 154 g/mol. The van der Waals surface area contributed by atoms with E-state index in [-0.39, 0.29) is 0 Å². The molecule has 0 fully saturated rings. The van der Waals surface area contributed by atoms with E-state index in [2.05, 4.69) is 6.58 Å². The predicted octanol–water partition coefficient (Wildman–Crippen LogP) is 1.94. The molecular formula is C9H11NO2. The number of hydrogen-bond donors (Lipinski definition) is 2. The molecule has 0 amide bonds. The molecule has 1 heterocycles. The van der Waals surface area contributed by atoms with Gasteiger partial charge >= 0.3 is 0 Å². The minimum atomic E-state index is 0.458. The normalized spacial score (nSPS) is 10.1. The summed E-state index contributed by atoms with van der Waals surface area (Å²) < 4.78 is 4.94. The molecule has 0 bridgehead atoms. The van der Waals surface area contributed by atoms with Crippen molar-refractivity contribution in [1.29, 1.82) is 0 Å². The van der Waals surface area contributed by atoms with Crippen LogP contribution < -0.4 is 10.2 Å². The van der Waals surface area contributed by atoms with E-state index in [9.17, 15) is 0 Å². The van der Waals surface area contributed by atoms with Crippen LogP contribution in [0.15, 0.2) is 36.9 Å². The van der Waals surface area contributed by atoms with Gasteiger partial charge in [-0.15, -0.1) is 6.58 Å². The number of benzene rings is 1. The Morgan fingerprint density at radius 3 is 2.25 bits per heavy atom. The Labute approximate surface area is 71.2 Å². The molecule has 1 aromatic carbocycles. The Kier molecular flexibility index (Phi) is 3.32. The molecule has 2 N–H and O–H groups in total. The quantitative estimate of drug-likeness (QED) is 0.406. The first kappa shape index (κ1) is 8.77. The molecule has 1 aliphatic rings. The highest BCUT2D eigenvalue weighted by Gasteiger charge is 2.15. The fourth-order valence-electron chi connectivity index (χ4n) is 0.676. The number of para-hydroxylation sites is 2. The van der Waals surface area contributed by atoms with Crippen LogP contribution in [-0.2, 0) is 0 Å². The Bertz CT molecular complexity index is 239. The van der Waals surface area contributed by atoms with Crippen LogP contribution in [0.25, 0.3) is 0 Å². The van der Waals surface area contributed by atoms with Gasteiger partial charge in [0.15, 0.2) is 11.5 Å². The zero-order valence-electron chi connectivity index (χ0n) is 6.66. The molecule has 12 heavy (non-hydrogen) atoms. The predicted molar refractivity (Wildman–Crippen MR) is 46.5 cm³/mol. The zero-order chi connectivity index (χ0) is 8.81. The number of hydrogen-bond acceptors (Lipinski definition) is 3. The van der Waals surface area contributed by atoms with Crippen molar-refractivity contribution in [3.63, 3.8) is 0 Å². The van der Waals surface area contributed by atoms with Gasteiger partial charge in [0.2, 0.25) is 0 Å². The maximum absolute atomic E-state index is 7.74. The van der Waals surface area contributed by atoms with Crippen molar-refractivity contribution in [2.24, 2.45) is 0 Å². The van der Waals surface area contributed by atoms with Crippen molar-refractivity contribution >= 4 is 0 Å². The molecule has 2 rings (SSSR count). The van der Waals surface area contributed by atoms with Crippen molar-refractivity contribution in [2.75, 3.05) is 6.54 Å². The van der Waals surface area contributed by atoms with E-state index in [1.54, 1.807) is 6.08 Å². The number of nitrogens with one attached hydrogen (secondary N) is 1. The maximum atomic E-state index is 7.74. The van der Waals surface area contributed by atoms with Gasteiger partial charge in [-0.1, -0.05) is 18.2 Å². The molecule has 0 aromatic heterocycles. The molecule has 3 heteroatoms. The monoisotopic (exact) mass is 165 g/mol. The molecule has 0 radical (unpaired) electrons. The third kappa shape index (κ3) is 2.74. The second-order valence-electron chi connectivity index (χ2n) is 2.20. The van der Waals surface area contributed by atoms with Crippen LogP contribution in [0.3, 0.4) is 0 Å². The Hall–Kier alpha value is -1.32. The number of hydroxylamine groups is 1. The van der Waals surface area contributed by atoms with E-state index in [1.165, 1.54) is 0 Å². The van der Waals surface area contributed by atoms with E-state index in [0.717, 1.165) is 11.5 Å². The second kappa shape index (κ2) is 4.54. The van der Waals surface area contributed by atoms with Crippen LogP contribution >= 0.6 is 0 Å². The van der Waals surface area contributed by atoms with Crippen molar-refractivity contribution in [3.8, 4) is 11.5 Å². The van der Waals surface area contributed by atoms with Gasteiger partial charge in [0.05, 0.1) is 0 Å². The standard InChI is InChI=1S/C6H4O.C3H7NO/c1-2-4-6-5(3-1)7-6;1-2-3-4-5/h1-4H;2,4-5H,1,3H2. The largest absolute Gasteiger partial charge is 0.450 e. The van der Waals surface area contributed by atoms with Crippen molar-refractivity contribution in [3.05, 3.63) is 36.9 Å². The first-order valence-corrected chi connectivity index (χ1v) is 3.63. The van der Waals surface area contributed by atoms with Crippen LogP contribution in [-0.4, -0.2) is 11.8 Å². The van der Waals surface area contributed by atoms with Crippen LogP contribution in [0.1, 0.15) is 0 Å². The molecule has 64 valence electrons. The fourth-order valence-corrected chi connectivity index (χ4v) is 0.676. The summed E-state index contributed by atoms with van der Waals surface area (Å²) in [6.45, 7) is 3.79. The second-order valence-corrected chi connectivity index (χ2v) is 2.20. The topological polar surface area (TPSA) is 44.8 Å². The lowest BCUT2D eigenvalue weighted by molar-refractivity contribution is 0.180. The van der Waals surface area contributed by atoms with E-state index in [1.807, 2.05) is 29.7 Å². The van der Waals surface area contributed by atoms with Crippen LogP contribution in [0.2, 0.25) is 0 Å². The highest BCUT2D eigenvalue weighted by atomic mass is 16.6. The Morgan fingerprint density at radius 2 is 2.00 bits per heavy atom. The molecule has 0 saturated carbocycles. The van der Waals surface area contributed by atoms with E-state index < -0.39 is 0 Å². The smallest absolute Gasteiger partial charge is 0.170 e. The highest BCUT2D eigenvalue weighted by molar-refractivity contribution is 5.53. The summed E-state index contributed by atoms with van der Waals surface area (Å²) in [7, 11) is 0. The van der Waals surface area contributed by atoms with E-state index in [0.29, 0.717) is 6.54 Å². The Morgan fingerprint density at radius 1 is 1.42 bits per heavy atom. The van der Waals surface area contributed by atoms with Gasteiger partial charge in [-0.2, -0.15) is 0 Å². The summed E-state index contributed by atoms with van der Waals surface area (Å²) in [5.41, 5.74) is 1.90. The SMILES string of the molecule is C=CCNO.c1ccc2c(c1)O2. The third-order valence-electron chi connectivity index (χ3n) is 1.26. The van der Waals surface area contributed by atoms with Crippen LogP contribution in [0.5, 0.6) is 11.5 Å². The van der Waals surface area contributed by atoms with Crippen molar-refractivity contribution < 1.29 is 9.94 Å². The van der Waals surface area contributed by atoms with Crippen LogP contribution in [0.4, 0.5) is 0 Å². The van der Waals surface area contributed by atoms with Crippen molar-refractivity contribution in [2.45, 2.75) is 0 Å². The maximum Gasteiger partial charge on any atom is 0.170 e. The van der Waals surface area contributed by atoms with Crippen molar-refractivity contribution in [1.82, 2.24) is 5.48 Å². The zero-order valence-corrected chi connectivity index (χ0v) is 6.66. The molecule has 0 unspecified atom stereocenters. The molecule has 3 nitrogen and oxygen atoms in total. The summed E-state index contributed by atoms with van der Waals surface area (Å²) in [4.78, 5) is 0. The minimum Gasteiger partial charge on any atom is -0.450 e. The first-order chi connectivity index (χ1) is 5.88. The molecule has 0 spiro atoms. The van der Waals surface area contributed by atoms with Gasteiger partial charge in [-0.25, -0.2) is 5.48 Å². The lowest BCUT2D eigenvalue weighted by Crippen LogP contribution is -2.04. The molecule has 1 aromatic rings. The van der Waals surface area contributed by atoms with E-state index in [4.69, 9.17) is 9.94 Å². The van der Waals surface area contributed by atoms with E-state index >= 15 is 0 Å². The van der Waals surface area contributed by atoms with Gasteiger partial charge < -0.3 is 9.94 Å². The summed E-state index contributed by atoms with van der Waals surface area (Å²) in [6, 6.07) is 7.84. The van der Waals surface area contributed by atoms with Gasteiger partial charge in [0, 0.05) is 6.54 Å². The van der Waals surface area contributed by atoms with Gasteiger partial charge in [-0.3, -0.25) is 0 Å². The minimum absolute atomic E-state index is 0.458. The number of fused-ring (bicyclic) bond motifs is 1. The Balaban J connectivity index is 0.000000130. The van der Waals surface area contributed by atoms with Gasteiger partial charge in [-0.05, 0) is 12.1 Å². The lowest BCUT2D eigenvalue weighted by Gasteiger charge is -1.78. The number of rotatable bonds is 2. The molecule has 0 atom stereocenters. The molecule has 0 aliphatic carbocycles. The molecule has 1 aliphatic heterocycles. The molecule has 0 saturated heterocycles. The summed E-state index contributed by atoms with van der Waals surface area (Å²) in [5.74, 6) is 2.06. The van der Waals surface area contributed by atoms with Gasteiger partial charge in [0.25, 0.3) is 0 Å². The third-order valence-corrected chi connectivity index (χ3v) is 1.26. The lowest BCUT2D eigenvalue weighted by atomic mass is 10.4. The number of ether oxygens (including phenoxy) is 1. The fraction of sp³-hybridized carbons (Fsp3) is 0.111. The summed E-state index contributed by atoms with van der Waals surface area (Å²) >= 11 is 0. The highest BCUT2D eigenvalue weighted by Crippen LogP contribution is 2.43. The first-order valence-electron chi connectivity index (χ1n) is 3.63. The average molecular weight is 165 g/mol. The summed E-state index contributed by atoms with van der Waals surface area (Å²) in [5, 5.41) is 7.74. The average Bonchev–Trinajstić information content (AvgIpc) is 2.85. The van der Waals surface area contributed by atoms with Gasteiger partial charge in [0.1, 0.15) is 0 Å².